The van der Waals surface area contributed by atoms with E-state index in [1.165, 1.54) is 6.26 Å². The highest BCUT2D eigenvalue weighted by molar-refractivity contribution is 6.36. The van der Waals surface area contributed by atoms with Crippen molar-refractivity contribution >= 4 is 9.53 Å². The van der Waals surface area contributed by atoms with Gasteiger partial charge in [-0.25, -0.2) is 0 Å². The molecule has 0 rings (SSSR count). The minimum atomic E-state index is -1.86. The highest BCUT2D eigenvalue weighted by Crippen LogP contribution is 1.88. The van der Waals surface area contributed by atoms with Gasteiger partial charge in [0.2, 0.25) is 0 Å². The zero-order chi connectivity index (χ0) is 7.82. The maximum atomic E-state index is 5.02. The van der Waals surface area contributed by atoms with E-state index in [4.69, 9.17) is 13.3 Å². The average molecular weight is 160 g/mol. The lowest BCUT2D eigenvalue weighted by molar-refractivity contribution is 0.181. The Morgan fingerprint density at radius 2 is 1.90 bits per heavy atom. The van der Waals surface area contributed by atoms with Gasteiger partial charge in [-0.2, -0.15) is 0 Å². The van der Waals surface area contributed by atoms with E-state index in [0.717, 1.165) is 0 Å². The Morgan fingerprint density at radius 1 is 1.30 bits per heavy atom. The van der Waals surface area contributed by atoms with Crippen LogP contribution < -0.4 is 0 Å². The Kier molecular flexibility index (Phi) is 6.15. The van der Waals surface area contributed by atoms with E-state index in [9.17, 15) is 0 Å². The smallest absolute Gasteiger partial charge is 0.510 e. The van der Waals surface area contributed by atoms with Crippen LogP contribution in [0.2, 0.25) is 0 Å². The van der Waals surface area contributed by atoms with Crippen molar-refractivity contribution in [3.05, 3.63) is 25.0 Å². The van der Waals surface area contributed by atoms with Gasteiger partial charge in [0.05, 0.1) is 6.26 Å². The van der Waals surface area contributed by atoms with Crippen LogP contribution in [0.4, 0.5) is 0 Å². The van der Waals surface area contributed by atoms with Crippen molar-refractivity contribution in [1.29, 1.82) is 0 Å². The standard InChI is InChI=1S/C6H12O3Si/c1-4-5-6-9-10(7-2)8-3/h4-6,10H,1H2,2-3H3. The second kappa shape index (κ2) is 6.54. The van der Waals surface area contributed by atoms with Crippen LogP contribution in [0.5, 0.6) is 0 Å². The van der Waals surface area contributed by atoms with Crippen LogP contribution in [-0.2, 0) is 13.3 Å². The molecule has 0 aromatic carbocycles. The Hall–Kier alpha value is -0.583. The fourth-order valence-electron chi connectivity index (χ4n) is 0.372. The second-order valence-corrected chi connectivity index (χ2v) is 3.25. The monoisotopic (exact) mass is 160 g/mol. The van der Waals surface area contributed by atoms with Gasteiger partial charge in [-0.1, -0.05) is 12.7 Å². The highest BCUT2D eigenvalue weighted by Gasteiger charge is 2.08. The summed E-state index contributed by atoms with van der Waals surface area (Å²) in [6.07, 6.45) is 4.81. The van der Waals surface area contributed by atoms with E-state index < -0.39 is 9.53 Å². The summed E-state index contributed by atoms with van der Waals surface area (Å²) >= 11 is 0. The molecule has 0 atom stereocenters. The van der Waals surface area contributed by atoms with Crippen LogP contribution in [0.1, 0.15) is 0 Å². The molecule has 0 aromatic rings. The molecule has 0 radical (unpaired) electrons. The Balaban J connectivity index is 3.43. The van der Waals surface area contributed by atoms with Gasteiger partial charge in [0.1, 0.15) is 0 Å². The molecule has 0 aliphatic carbocycles. The zero-order valence-electron chi connectivity index (χ0n) is 6.24. The molecule has 0 aliphatic heterocycles. The molecule has 10 heavy (non-hydrogen) atoms. The summed E-state index contributed by atoms with van der Waals surface area (Å²) in [4.78, 5) is 0. The first-order valence-electron chi connectivity index (χ1n) is 2.83. The lowest BCUT2D eigenvalue weighted by Crippen LogP contribution is -2.20. The summed E-state index contributed by atoms with van der Waals surface area (Å²) in [6, 6.07) is 0. The molecule has 0 spiro atoms. The predicted molar refractivity (Wildman–Crippen MR) is 41.6 cm³/mol. The first-order chi connectivity index (χ1) is 4.85. The lowest BCUT2D eigenvalue weighted by atomic mass is 10.6. The molecule has 58 valence electrons. The molecule has 4 heteroatoms. The van der Waals surface area contributed by atoms with Crippen LogP contribution in [-0.4, -0.2) is 23.7 Å². The molecular formula is C6H12O3Si. The molecule has 0 bridgehead atoms. The van der Waals surface area contributed by atoms with E-state index in [-0.39, 0.29) is 0 Å². The van der Waals surface area contributed by atoms with E-state index in [1.807, 2.05) is 0 Å². The molecule has 3 nitrogen and oxygen atoms in total. The van der Waals surface area contributed by atoms with Gasteiger partial charge in [0.15, 0.2) is 0 Å². The Morgan fingerprint density at radius 3 is 2.30 bits per heavy atom. The third kappa shape index (κ3) is 4.31. The van der Waals surface area contributed by atoms with Crippen molar-refractivity contribution in [2.45, 2.75) is 0 Å². The molecule has 0 unspecified atom stereocenters. The van der Waals surface area contributed by atoms with Crippen molar-refractivity contribution in [3.8, 4) is 0 Å². The zero-order valence-corrected chi connectivity index (χ0v) is 7.40. The predicted octanol–water partition coefficient (Wildman–Crippen LogP) is 0.713. The van der Waals surface area contributed by atoms with Gasteiger partial charge in [0.25, 0.3) is 0 Å². The maximum Gasteiger partial charge on any atom is 0.548 e. The first kappa shape index (κ1) is 9.42. The van der Waals surface area contributed by atoms with Crippen molar-refractivity contribution < 1.29 is 13.3 Å². The fourth-order valence-corrected chi connectivity index (χ4v) is 1.01. The van der Waals surface area contributed by atoms with E-state index in [2.05, 4.69) is 6.58 Å². The average Bonchev–Trinajstić information content (AvgIpc) is 1.99. The number of rotatable bonds is 5. The highest BCUT2D eigenvalue weighted by atomic mass is 28.3. The molecule has 0 heterocycles. The maximum absolute atomic E-state index is 5.02. The van der Waals surface area contributed by atoms with Crippen molar-refractivity contribution in [2.24, 2.45) is 0 Å². The topological polar surface area (TPSA) is 27.7 Å². The summed E-state index contributed by atoms with van der Waals surface area (Å²) in [5.41, 5.74) is 0. The lowest BCUT2D eigenvalue weighted by Gasteiger charge is -2.07. The van der Waals surface area contributed by atoms with Crippen molar-refractivity contribution in [2.75, 3.05) is 14.2 Å². The minimum absolute atomic E-state index is 1.51. The summed E-state index contributed by atoms with van der Waals surface area (Å²) in [7, 11) is 1.26. The third-order valence-corrected chi connectivity index (χ3v) is 1.94. The summed E-state index contributed by atoms with van der Waals surface area (Å²) in [5.74, 6) is 0. The summed E-state index contributed by atoms with van der Waals surface area (Å²) < 4.78 is 14.7. The van der Waals surface area contributed by atoms with Gasteiger partial charge in [-0.15, -0.1) is 0 Å². The molecule has 0 aromatic heterocycles. The number of allylic oxidation sites excluding steroid dienone is 2. The van der Waals surface area contributed by atoms with Gasteiger partial charge in [0, 0.05) is 14.2 Å². The van der Waals surface area contributed by atoms with Gasteiger partial charge in [-0.3, -0.25) is 0 Å². The fraction of sp³-hybridized carbons (Fsp3) is 0.333. The summed E-state index contributed by atoms with van der Waals surface area (Å²) in [5, 5.41) is 0. The van der Waals surface area contributed by atoms with Crippen LogP contribution in [0.3, 0.4) is 0 Å². The third-order valence-electron chi connectivity index (χ3n) is 0.789. The van der Waals surface area contributed by atoms with E-state index >= 15 is 0 Å². The minimum Gasteiger partial charge on any atom is -0.510 e. The SMILES string of the molecule is C=CC=CO[SiH](OC)OC. The normalized spacial score (nSPS) is 10.7. The summed E-state index contributed by atoms with van der Waals surface area (Å²) in [6.45, 7) is 3.48. The van der Waals surface area contributed by atoms with Crippen LogP contribution in [0.25, 0.3) is 0 Å². The Bertz CT molecular complexity index is 110. The number of hydrogen-bond donors (Lipinski definition) is 0. The second-order valence-electron chi connectivity index (χ2n) is 1.46. The molecular weight excluding hydrogens is 148 g/mol. The molecule has 0 fully saturated rings. The molecule has 0 saturated carbocycles. The largest absolute Gasteiger partial charge is 0.548 e. The quantitative estimate of drug-likeness (QED) is 0.337. The van der Waals surface area contributed by atoms with Gasteiger partial charge >= 0.3 is 9.53 Å². The van der Waals surface area contributed by atoms with Gasteiger partial charge < -0.3 is 13.3 Å². The van der Waals surface area contributed by atoms with E-state index in [0.29, 0.717) is 0 Å². The van der Waals surface area contributed by atoms with E-state index in [1.54, 1.807) is 26.4 Å². The van der Waals surface area contributed by atoms with Crippen LogP contribution in [0, 0.1) is 0 Å². The molecule has 0 saturated heterocycles. The first-order valence-corrected chi connectivity index (χ1v) is 4.25. The van der Waals surface area contributed by atoms with Crippen molar-refractivity contribution in [1.82, 2.24) is 0 Å². The molecule has 0 aliphatic rings. The number of hydrogen-bond acceptors (Lipinski definition) is 3. The Labute approximate surface area is 62.9 Å². The van der Waals surface area contributed by atoms with Crippen LogP contribution in [0.15, 0.2) is 25.0 Å². The van der Waals surface area contributed by atoms with Gasteiger partial charge in [-0.05, 0) is 6.08 Å². The van der Waals surface area contributed by atoms with Crippen LogP contribution >= 0.6 is 0 Å². The molecule has 0 amide bonds. The molecule has 0 N–H and O–H groups in total. The van der Waals surface area contributed by atoms with Crippen molar-refractivity contribution in [3.63, 3.8) is 0 Å².